The van der Waals surface area contributed by atoms with Crippen LogP contribution in [0, 0.1) is 11.3 Å². The second-order valence-electron chi connectivity index (χ2n) is 4.53. The lowest BCUT2D eigenvalue weighted by Gasteiger charge is -2.04. The third-order valence-electron chi connectivity index (χ3n) is 3.10. The van der Waals surface area contributed by atoms with Crippen molar-refractivity contribution in [3.63, 3.8) is 0 Å². The fraction of sp³-hybridized carbons (Fsp3) is 0.0588. The zero-order valence-electron chi connectivity index (χ0n) is 11.9. The Morgan fingerprint density at radius 2 is 2.14 bits per heavy atom. The molecular weight excluding hydrogens is 294 g/mol. The number of allylic oxidation sites excluding steroid dienone is 1. The second kappa shape index (κ2) is 6.29. The van der Waals surface area contributed by atoms with Gasteiger partial charge in [-0.3, -0.25) is 0 Å². The first-order chi connectivity index (χ1) is 10.8. The number of nitrogens with zero attached hydrogens (tertiary/aromatic N) is 2. The number of nitrogens with one attached hydrogen (secondary N) is 1. The Bertz CT molecular complexity index is 844. The Morgan fingerprint density at radius 3 is 2.91 bits per heavy atom. The molecule has 5 heteroatoms. The highest BCUT2D eigenvalue weighted by Gasteiger charge is 2.08. The zero-order valence-corrected chi connectivity index (χ0v) is 12.7. The van der Waals surface area contributed by atoms with Crippen LogP contribution in [0.2, 0.25) is 0 Å². The summed E-state index contributed by atoms with van der Waals surface area (Å²) >= 11 is 1.51. The summed E-state index contributed by atoms with van der Waals surface area (Å²) < 4.78 is 6.25. The standard InChI is InChI=1S/C17H13N3OS/c1-21-14-6-4-5-13(9-14)19-11-12(10-18)17-20-15-7-2-3-8-16(15)22-17/h2-9,11,19H,1H3/b12-11-. The van der Waals surface area contributed by atoms with Gasteiger partial charge in [0.05, 0.1) is 17.3 Å². The summed E-state index contributed by atoms with van der Waals surface area (Å²) in [5.41, 5.74) is 2.27. The van der Waals surface area contributed by atoms with E-state index in [-0.39, 0.29) is 0 Å². The maximum absolute atomic E-state index is 9.37. The van der Waals surface area contributed by atoms with Crippen LogP contribution in [0.5, 0.6) is 5.75 Å². The summed E-state index contributed by atoms with van der Waals surface area (Å²) in [4.78, 5) is 4.49. The molecule has 1 heterocycles. The van der Waals surface area contributed by atoms with E-state index in [0.717, 1.165) is 21.7 Å². The quantitative estimate of drug-likeness (QED) is 0.731. The highest BCUT2D eigenvalue weighted by molar-refractivity contribution is 7.19. The number of hydrogen-bond acceptors (Lipinski definition) is 5. The molecule has 1 N–H and O–H groups in total. The van der Waals surface area contributed by atoms with Crippen LogP contribution < -0.4 is 10.1 Å². The van der Waals surface area contributed by atoms with E-state index in [1.54, 1.807) is 13.3 Å². The Balaban J connectivity index is 1.88. The Morgan fingerprint density at radius 1 is 1.27 bits per heavy atom. The Kier molecular flexibility index (Phi) is 4.03. The van der Waals surface area contributed by atoms with Gasteiger partial charge < -0.3 is 10.1 Å². The molecule has 1 aromatic heterocycles. The van der Waals surface area contributed by atoms with Gasteiger partial charge in [0.1, 0.15) is 22.4 Å². The maximum atomic E-state index is 9.37. The van der Waals surface area contributed by atoms with Gasteiger partial charge in [-0.1, -0.05) is 18.2 Å². The van der Waals surface area contributed by atoms with Crippen molar-refractivity contribution in [3.05, 3.63) is 59.7 Å². The number of ether oxygens (including phenoxy) is 1. The third kappa shape index (κ3) is 2.92. The van der Waals surface area contributed by atoms with Crippen molar-refractivity contribution in [2.45, 2.75) is 0 Å². The molecule has 108 valence electrons. The number of methoxy groups -OCH3 is 1. The number of thiazole rings is 1. The predicted molar refractivity (Wildman–Crippen MR) is 89.8 cm³/mol. The molecule has 0 amide bonds. The number of fused-ring (bicyclic) bond motifs is 1. The van der Waals surface area contributed by atoms with E-state index in [4.69, 9.17) is 4.74 Å². The predicted octanol–water partition coefficient (Wildman–Crippen LogP) is 4.28. The topological polar surface area (TPSA) is 57.9 Å². The van der Waals surface area contributed by atoms with Crippen molar-refractivity contribution in [1.82, 2.24) is 4.98 Å². The number of anilines is 1. The molecule has 2 aromatic carbocycles. The molecule has 0 radical (unpaired) electrons. The molecule has 0 saturated heterocycles. The molecule has 0 aliphatic rings. The monoisotopic (exact) mass is 307 g/mol. The Hall–Kier alpha value is -2.84. The Labute approximate surface area is 132 Å². The summed E-state index contributed by atoms with van der Waals surface area (Å²) in [6, 6.07) is 17.6. The van der Waals surface area contributed by atoms with Gasteiger partial charge in [0, 0.05) is 18.0 Å². The molecule has 0 saturated carbocycles. The number of hydrogen-bond donors (Lipinski definition) is 1. The summed E-state index contributed by atoms with van der Waals surface area (Å²) in [6.07, 6.45) is 1.67. The van der Waals surface area contributed by atoms with Crippen molar-refractivity contribution >= 4 is 32.8 Å². The molecule has 3 aromatic rings. The van der Waals surface area contributed by atoms with E-state index in [1.165, 1.54) is 11.3 Å². The van der Waals surface area contributed by atoms with Crippen LogP contribution in [0.25, 0.3) is 15.8 Å². The van der Waals surface area contributed by atoms with E-state index >= 15 is 0 Å². The summed E-state index contributed by atoms with van der Waals surface area (Å²) in [7, 11) is 1.62. The van der Waals surface area contributed by atoms with Gasteiger partial charge in [0.15, 0.2) is 0 Å². The molecule has 22 heavy (non-hydrogen) atoms. The van der Waals surface area contributed by atoms with Crippen LogP contribution >= 0.6 is 11.3 Å². The first-order valence-electron chi connectivity index (χ1n) is 6.67. The number of benzene rings is 2. The highest BCUT2D eigenvalue weighted by atomic mass is 32.1. The van der Waals surface area contributed by atoms with Crippen molar-refractivity contribution < 1.29 is 4.74 Å². The molecule has 0 aliphatic carbocycles. The largest absolute Gasteiger partial charge is 0.497 e. The first kappa shape index (κ1) is 14.1. The van der Waals surface area contributed by atoms with Crippen molar-refractivity contribution in [2.24, 2.45) is 0 Å². The SMILES string of the molecule is COc1cccc(N/C=C(/C#N)c2nc3ccccc3s2)c1. The fourth-order valence-corrected chi connectivity index (χ4v) is 2.93. The lowest BCUT2D eigenvalue weighted by molar-refractivity contribution is 0.415. The van der Waals surface area contributed by atoms with Crippen LogP contribution in [-0.4, -0.2) is 12.1 Å². The van der Waals surface area contributed by atoms with Crippen LogP contribution in [-0.2, 0) is 0 Å². The fourth-order valence-electron chi connectivity index (χ4n) is 2.00. The van der Waals surface area contributed by atoms with Gasteiger partial charge in [-0.25, -0.2) is 4.98 Å². The number of nitriles is 1. The van der Waals surface area contributed by atoms with Crippen molar-refractivity contribution in [1.29, 1.82) is 5.26 Å². The molecular formula is C17H13N3OS. The van der Waals surface area contributed by atoms with E-state index in [2.05, 4.69) is 16.4 Å². The minimum Gasteiger partial charge on any atom is -0.497 e. The molecule has 0 bridgehead atoms. The van der Waals surface area contributed by atoms with Crippen molar-refractivity contribution in [2.75, 3.05) is 12.4 Å². The first-order valence-corrected chi connectivity index (χ1v) is 7.48. The summed E-state index contributed by atoms with van der Waals surface area (Å²) in [6.45, 7) is 0. The summed E-state index contributed by atoms with van der Waals surface area (Å²) in [5.74, 6) is 0.761. The maximum Gasteiger partial charge on any atom is 0.136 e. The molecule has 0 fully saturated rings. The molecule has 4 nitrogen and oxygen atoms in total. The average Bonchev–Trinajstić information content (AvgIpc) is 2.99. The van der Waals surface area contributed by atoms with Gasteiger partial charge in [-0.2, -0.15) is 5.26 Å². The third-order valence-corrected chi connectivity index (χ3v) is 4.17. The van der Waals surface area contributed by atoms with Gasteiger partial charge >= 0.3 is 0 Å². The smallest absolute Gasteiger partial charge is 0.136 e. The highest BCUT2D eigenvalue weighted by Crippen LogP contribution is 2.27. The lowest BCUT2D eigenvalue weighted by Crippen LogP contribution is -1.91. The van der Waals surface area contributed by atoms with Crippen LogP contribution in [0.3, 0.4) is 0 Å². The van der Waals surface area contributed by atoms with Crippen LogP contribution in [0.1, 0.15) is 5.01 Å². The molecule has 0 unspecified atom stereocenters. The normalized spacial score (nSPS) is 11.2. The van der Waals surface area contributed by atoms with Gasteiger partial charge in [0.25, 0.3) is 0 Å². The van der Waals surface area contributed by atoms with E-state index < -0.39 is 0 Å². The van der Waals surface area contributed by atoms with E-state index in [9.17, 15) is 5.26 Å². The minimum absolute atomic E-state index is 0.504. The lowest BCUT2D eigenvalue weighted by atomic mass is 10.3. The second-order valence-corrected chi connectivity index (χ2v) is 5.56. The summed E-state index contributed by atoms with van der Waals surface area (Å²) in [5, 5.41) is 13.2. The van der Waals surface area contributed by atoms with E-state index in [0.29, 0.717) is 10.6 Å². The number of rotatable bonds is 4. The molecule has 3 rings (SSSR count). The van der Waals surface area contributed by atoms with Crippen LogP contribution in [0.15, 0.2) is 54.7 Å². The number of para-hydroxylation sites is 1. The van der Waals surface area contributed by atoms with Crippen LogP contribution in [0.4, 0.5) is 5.69 Å². The molecule has 0 atom stereocenters. The van der Waals surface area contributed by atoms with Crippen molar-refractivity contribution in [3.8, 4) is 11.8 Å². The molecule has 0 aliphatic heterocycles. The minimum atomic E-state index is 0.504. The van der Waals surface area contributed by atoms with Gasteiger partial charge in [-0.15, -0.1) is 11.3 Å². The van der Waals surface area contributed by atoms with E-state index in [1.807, 2.05) is 48.5 Å². The molecule has 0 spiro atoms. The van der Waals surface area contributed by atoms with Gasteiger partial charge in [0.2, 0.25) is 0 Å². The zero-order chi connectivity index (χ0) is 15.4. The van der Waals surface area contributed by atoms with Gasteiger partial charge in [-0.05, 0) is 24.3 Å². The average molecular weight is 307 g/mol. The number of aromatic nitrogens is 1.